The molecule has 0 amide bonds. The fourth-order valence-electron chi connectivity index (χ4n) is 5.37. The predicted octanol–water partition coefficient (Wildman–Crippen LogP) is 6.30. The van der Waals surface area contributed by atoms with Crippen LogP contribution in [0, 0.1) is 0 Å². The maximum atomic E-state index is 5.19. The van der Waals surface area contributed by atoms with Crippen LogP contribution in [0.3, 0.4) is 0 Å². The average molecular weight is 340 g/mol. The first kappa shape index (κ1) is 14.8. The van der Waals surface area contributed by atoms with Crippen molar-refractivity contribution in [2.24, 2.45) is 0 Å². The van der Waals surface area contributed by atoms with Gasteiger partial charge in [0.05, 0.1) is 11.2 Å². The van der Waals surface area contributed by atoms with E-state index in [0.717, 1.165) is 0 Å². The molecule has 2 aromatic carbocycles. The molecule has 2 bridgehead atoms. The molecule has 0 aliphatic heterocycles. The maximum absolute atomic E-state index is 5.19. The van der Waals surface area contributed by atoms with Gasteiger partial charge in [-0.15, -0.1) is 0 Å². The summed E-state index contributed by atoms with van der Waals surface area (Å²) in [5.74, 6) is 1.40. The van der Waals surface area contributed by atoms with Crippen LogP contribution >= 0.6 is 0 Å². The van der Waals surface area contributed by atoms with Gasteiger partial charge < -0.3 is 0 Å². The summed E-state index contributed by atoms with van der Waals surface area (Å²) < 4.78 is 2.50. The summed E-state index contributed by atoms with van der Waals surface area (Å²) >= 11 is 0. The Labute approximate surface area is 153 Å². The number of rotatable bonds is 0. The van der Waals surface area contributed by atoms with Gasteiger partial charge in [-0.3, -0.25) is 4.40 Å². The molecule has 130 valence electrons. The van der Waals surface area contributed by atoms with Crippen molar-refractivity contribution in [3.05, 3.63) is 59.4 Å². The second kappa shape index (κ2) is 4.68. The minimum Gasteiger partial charge on any atom is -0.296 e. The fourth-order valence-corrected chi connectivity index (χ4v) is 5.37. The molecule has 2 heterocycles. The molecule has 2 heteroatoms. The molecule has 0 saturated heterocycles. The summed E-state index contributed by atoms with van der Waals surface area (Å²) in [4.78, 5) is 5.19. The van der Waals surface area contributed by atoms with Crippen LogP contribution < -0.4 is 0 Å². The molecule has 0 spiro atoms. The number of imidazole rings is 1. The van der Waals surface area contributed by atoms with Gasteiger partial charge in [0.2, 0.25) is 0 Å². The summed E-state index contributed by atoms with van der Waals surface area (Å²) in [6, 6.07) is 15.9. The number of nitrogens with zero attached hydrogens (tertiary/aromatic N) is 2. The molecule has 26 heavy (non-hydrogen) atoms. The Morgan fingerprint density at radius 3 is 2.50 bits per heavy atom. The van der Waals surface area contributed by atoms with E-state index in [2.05, 4.69) is 67.6 Å². The van der Waals surface area contributed by atoms with Crippen LogP contribution in [0.5, 0.6) is 0 Å². The molecule has 2 atom stereocenters. The smallest absolute Gasteiger partial charge is 0.145 e. The molecule has 0 N–H and O–H groups in total. The van der Waals surface area contributed by atoms with Crippen molar-refractivity contribution in [2.75, 3.05) is 0 Å². The van der Waals surface area contributed by atoms with Crippen molar-refractivity contribution in [2.45, 2.75) is 57.3 Å². The number of fused-ring (bicyclic) bond motifs is 12. The first-order chi connectivity index (χ1) is 12.5. The molecule has 2 nitrogen and oxygen atoms in total. The monoisotopic (exact) mass is 340 g/mol. The van der Waals surface area contributed by atoms with Crippen molar-refractivity contribution in [1.29, 1.82) is 0 Å². The highest BCUT2D eigenvalue weighted by Gasteiger charge is 2.41. The number of hydrogen-bond acceptors (Lipinski definition) is 1. The van der Waals surface area contributed by atoms with Crippen molar-refractivity contribution in [1.82, 2.24) is 9.38 Å². The number of hydrogen-bond donors (Lipinski definition) is 0. The quantitative estimate of drug-likeness (QED) is 0.343. The normalized spacial score (nSPS) is 22.0. The summed E-state index contributed by atoms with van der Waals surface area (Å²) in [5.41, 5.74) is 6.94. The van der Waals surface area contributed by atoms with Crippen LogP contribution in [0.25, 0.3) is 27.3 Å². The molecular formula is C24H24N2. The lowest BCUT2D eigenvalue weighted by Gasteiger charge is -2.21. The summed E-state index contributed by atoms with van der Waals surface area (Å²) in [6.07, 6.45) is 3.97. The number of benzene rings is 2. The Hall–Kier alpha value is -2.35. The lowest BCUT2D eigenvalue weighted by atomic mass is 9.86. The largest absolute Gasteiger partial charge is 0.296 e. The van der Waals surface area contributed by atoms with E-state index in [1.165, 1.54) is 63.5 Å². The second-order valence-corrected chi connectivity index (χ2v) is 9.28. The van der Waals surface area contributed by atoms with Gasteiger partial charge in [0.15, 0.2) is 0 Å². The molecule has 1 saturated carbocycles. The summed E-state index contributed by atoms with van der Waals surface area (Å²) in [6.45, 7) is 6.88. The Morgan fingerprint density at radius 1 is 0.923 bits per heavy atom. The van der Waals surface area contributed by atoms with Gasteiger partial charge in [-0.1, -0.05) is 51.1 Å². The highest BCUT2D eigenvalue weighted by atomic mass is 15.1. The Morgan fingerprint density at radius 2 is 1.69 bits per heavy atom. The average Bonchev–Trinajstić information content (AvgIpc) is 3.32. The lowest BCUT2D eigenvalue weighted by Crippen LogP contribution is -2.11. The molecule has 4 aromatic rings. The van der Waals surface area contributed by atoms with Crippen LogP contribution in [0.4, 0.5) is 0 Å². The van der Waals surface area contributed by atoms with Crippen molar-refractivity contribution < 1.29 is 0 Å². The summed E-state index contributed by atoms with van der Waals surface area (Å²) in [5, 5.41) is 3.99. The Kier molecular flexibility index (Phi) is 2.66. The molecule has 2 aliphatic rings. The van der Waals surface area contributed by atoms with Crippen molar-refractivity contribution in [3.63, 3.8) is 0 Å². The first-order valence-electron chi connectivity index (χ1n) is 9.89. The van der Waals surface area contributed by atoms with E-state index < -0.39 is 0 Å². The van der Waals surface area contributed by atoms with Gasteiger partial charge in [0, 0.05) is 28.3 Å². The maximum Gasteiger partial charge on any atom is 0.145 e. The summed E-state index contributed by atoms with van der Waals surface area (Å²) in [7, 11) is 0. The molecule has 1 fully saturated rings. The zero-order chi connectivity index (χ0) is 17.6. The van der Waals surface area contributed by atoms with Gasteiger partial charge in [-0.2, -0.15) is 0 Å². The molecule has 0 radical (unpaired) electrons. The standard InChI is InChI=1S/C24H24N2/c1-24(2,3)16-10-11-20-19(13-16)17-6-4-5-7-18(17)23-25-21-14-8-9-15(12-14)22(21)26(20)23/h4-7,10-11,13-15H,8-9,12H2,1-3H3. The van der Waals surface area contributed by atoms with E-state index in [9.17, 15) is 0 Å². The molecule has 2 unspecified atom stereocenters. The van der Waals surface area contributed by atoms with Crippen molar-refractivity contribution in [3.8, 4) is 0 Å². The van der Waals surface area contributed by atoms with Crippen LogP contribution in [0.15, 0.2) is 42.5 Å². The molecule has 6 rings (SSSR count). The van der Waals surface area contributed by atoms with Gasteiger partial charge in [-0.05, 0) is 47.8 Å². The van der Waals surface area contributed by atoms with E-state index >= 15 is 0 Å². The van der Waals surface area contributed by atoms with Crippen molar-refractivity contribution >= 4 is 27.3 Å². The second-order valence-electron chi connectivity index (χ2n) is 9.28. The highest BCUT2D eigenvalue weighted by molar-refractivity contribution is 6.12. The van der Waals surface area contributed by atoms with Crippen LogP contribution in [-0.2, 0) is 5.41 Å². The number of aromatic nitrogens is 2. The van der Waals surface area contributed by atoms with E-state index in [0.29, 0.717) is 11.8 Å². The predicted molar refractivity (Wildman–Crippen MR) is 108 cm³/mol. The molecule has 2 aromatic heterocycles. The number of pyridine rings is 1. The topological polar surface area (TPSA) is 17.3 Å². The SMILES string of the molecule is CC(C)(C)c1ccc2c(c1)c1ccccc1c1nc3c(n21)C1CCC3C1. The van der Waals surface area contributed by atoms with E-state index in [4.69, 9.17) is 4.98 Å². The molecular weight excluding hydrogens is 316 g/mol. The minimum atomic E-state index is 0.153. The van der Waals surface area contributed by atoms with E-state index in [-0.39, 0.29) is 5.41 Å². The third-order valence-electron chi connectivity index (χ3n) is 6.71. The van der Waals surface area contributed by atoms with E-state index in [1.54, 1.807) is 0 Å². The van der Waals surface area contributed by atoms with E-state index in [1.807, 2.05) is 0 Å². The zero-order valence-corrected chi connectivity index (χ0v) is 15.7. The first-order valence-corrected chi connectivity index (χ1v) is 9.89. The van der Waals surface area contributed by atoms with Crippen LogP contribution in [0.1, 0.15) is 68.8 Å². The molecule has 2 aliphatic carbocycles. The Bertz CT molecular complexity index is 1210. The highest BCUT2D eigenvalue weighted by Crippen LogP contribution is 2.53. The fraction of sp³-hybridized carbons (Fsp3) is 0.375. The lowest BCUT2D eigenvalue weighted by molar-refractivity contribution is 0.591. The van der Waals surface area contributed by atoms with Gasteiger partial charge in [0.1, 0.15) is 5.65 Å². The Balaban J connectivity index is 1.84. The zero-order valence-electron chi connectivity index (χ0n) is 15.7. The minimum absolute atomic E-state index is 0.153. The van der Waals surface area contributed by atoms with Crippen LogP contribution in [0.2, 0.25) is 0 Å². The van der Waals surface area contributed by atoms with Gasteiger partial charge >= 0.3 is 0 Å². The van der Waals surface area contributed by atoms with Gasteiger partial charge in [0.25, 0.3) is 0 Å². The van der Waals surface area contributed by atoms with Crippen LogP contribution in [-0.4, -0.2) is 9.38 Å². The third kappa shape index (κ3) is 1.75. The third-order valence-corrected chi connectivity index (χ3v) is 6.71. The van der Waals surface area contributed by atoms with Gasteiger partial charge in [-0.25, -0.2) is 4.98 Å².